The molecule has 1 aliphatic rings. The minimum atomic E-state index is -0.150. The van der Waals surface area contributed by atoms with Crippen LogP contribution in [0.2, 0.25) is 0 Å². The maximum atomic E-state index is 9.75. The molecule has 0 radical (unpaired) electrons. The van der Waals surface area contributed by atoms with Crippen molar-refractivity contribution in [3.8, 4) is 138 Å². The monoisotopic (exact) mass is 1920 g/mol. The molecule has 17 aromatic rings. The van der Waals surface area contributed by atoms with Crippen molar-refractivity contribution in [3.05, 3.63) is 429 Å². The van der Waals surface area contributed by atoms with Crippen LogP contribution in [0.5, 0.6) is 138 Å². The molecule has 14 aromatic carbocycles. The van der Waals surface area contributed by atoms with Crippen LogP contribution in [-0.4, -0.2) is 128 Å². The highest BCUT2D eigenvalue weighted by molar-refractivity contribution is 7.12. The molecule has 2 unspecified atom stereocenters. The zero-order valence-electron chi connectivity index (χ0n) is 75.5. The topological polar surface area (TPSA) is 498 Å². The first-order chi connectivity index (χ1) is 67.1. The van der Waals surface area contributed by atoms with Crippen molar-refractivity contribution in [1.29, 1.82) is 0 Å². The van der Waals surface area contributed by atoms with E-state index in [1.54, 1.807) is 144 Å². The van der Waals surface area contributed by atoms with Gasteiger partial charge in [-0.1, -0.05) is 140 Å². The third-order valence-electron chi connectivity index (χ3n) is 23.4. The number of phenols is 24. The van der Waals surface area contributed by atoms with Crippen LogP contribution in [0.25, 0.3) is 0 Å². The molecule has 1 aliphatic carbocycles. The number of hydrogen-bond donors (Lipinski definition) is 24. The highest BCUT2D eigenvalue weighted by Gasteiger charge is 2.29. The van der Waals surface area contributed by atoms with Crippen molar-refractivity contribution in [2.45, 2.75) is 102 Å². The highest BCUT2D eigenvalue weighted by Crippen LogP contribution is 2.48. The molecule has 18 rings (SSSR count). The average molecular weight is 1930 g/mol. The highest BCUT2D eigenvalue weighted by atomic mass is 32.1. The van der Waals surface area contributed by atoms with E-state index in [-0.39, 0.29) is 150 Å². The first-order valence-corrected chi connectivity index (χ1v) is 46.2. The summed E-state index contributed by atoms with van der Waals surface area (Å²) in [5.74, 6) is -2.48. The Morgan fingerprint density at radius 3 is 0.707 bits per heavy atom. The van der Waals surface area contributed by atoms with E-state index in [4.69, 9.17) is 0 Å². The molecule has 2 atom stereocenters. The average Bonchev–Trinajstić information content (AvgIpc) is 0.899. The Hall–Kier alpha value is -17.2. The maximum Gasteiger partial charge on any atom is 0.157 e. The lowest BCUT2D eigenvalue weighted by Crippen LogP contribution is -2.16. The Kier molecular flexibility index (Phi) is 33.6. The minimum absolute atomic E-state index is 0.102. The molecule has 25 nitrogen and oxygen atoms in total. The quantitative estimate of drug-likeness (QED) is 0.0280. The lowest BCUT2D eigenvalue weighted by atomic mass is 9.72. The number of phenolic OH excluding ortho intramolecular Hbond substituents is 24. The summed E-state index contributed by atoms with van der Waals surface area (Å²) >= 11 is 3.28. The summed E-state index contributed by atoms with van der Waals surface area (Å²) in [5, 5.41) is 230. The second-order valence-corrected chi connectivity index (χ2v) is 36.2. The summed E-state index contributed by atoms with van der Waals surface area (Å²) in [6.07, 6.45) is 10.6. The van der Waals surface area contributed by atoms with E-state index in [0.717, 1.165) is 146 Å². The molecule has 3 heterocycles. The smallest absolute Gasteiger partial charge is 0.157 e. The molecule has 0 spiro atoms. The molecule has 27 heteroatoms. The van der Waals surface area contributed by atoms with E-state index < -0.39 is 0 Å². The number of pyridine rings is 1. The summed E-state index contributed by atoms with van der Waals surface area (Å²) in [5.41, 5.74) is 18.2. The van der Waals surface area contributed by atoms with Gasteiger partial charge in [0, 0.05) is 58.1 Å². The van der Waals surface area contributed by atoms with Crippen molar-refractivity contribution in [2.75, 3.05) is 0 Å². The SMILES string of the molecule is Oc1ccc(C2CCCCC2c2ccc(O)c(O)c2)cc1O.Oc1ccc(Cc2ccc(Cc3ccc(O)c(O)c3)cc2)cc1O.Oc1ccc(Cc2ccc(Cc3ccc(O)c(O)c3)s2)cc1O.Oc1ccc(Cc2cccc(Cc3ccc(O)c(O)c3)c2)cc1O.Oc1ccc(Cc2cccc(Cc3ccc(O)c(O)c3)n2)cc1O.Oc1ccc(Cc2ccsc2Cc2ccc(O)c(O)c2)cc1O. The predicted octanol–water partition coefficient (Wildman–Crippen LogP) is 21.9. The summed E-state index contributed by atoms with van der Waals surface area (Å²) < 4.78 is 0. The van der Waals surface area contributed by atoms with Crippen molar-refractivity contribution in [1.82, 2.24) is 4.98 Å². The van der Waals surface area contributed by atoms with Gasteiger partial charge in [-0.2, -0.15) is 0 Å². The van der Waals surface area contributed by atoms with E-state index in [1.807, 2.05) is 96.4 Å². The van der Waals surface area contributed by atoms with Gasteiger partial charge in [-0.25, -0.2) is 0 Å². The first-order valence-electron chi connectivity index (χ1n) is 44.5. The van der Waals surface area contributed by atoms with Crippen LogP contribution >= 0.6 is 22.7 Å². The predicted molar refractivity (Wildman–Crippen MR) is 535 cm³/mol. The fourth-order valence-electron chi connectivity index (χ4n) is 16.1. The molecule has 718 valence electrons. The fraction of sp³-hybridized carbons (Fsp3) is 0.142. The lowest BCUT2D eigenvalue weighted by molar-refractivity contribution is 0.374. The van der Waals surface area contributed by atoms with Gasteiger partial charge < -0.3 is 123 Å². The van der Waals surface area contributed by atoms with Gasteiger partial charge in [0.15, 0.2) is 138 Å². The number of nitrogens with zero attached hydrogens (tertiary/aromatic N) is 1. The molecular weight excluding hydrogens is 1820 g/mol. The van der Waals surface area contributed by atoms with E-state index in [9.17, 15) is 123 Å². The Morgan fingerprint density at radius 2 is 0.421 bits per heavy atom. The van der Waals surface area contributed by atoms with Gasteiger partial charge in [0.2, 0.25) is 0 Å². The summed E-state index contributed by atoms with van der Waals surface area (Å²) in [6, 6.07) is 85.8. The first kappa shape index (κ1) is 100. The van der Waals surface area contributed by atoms with Crippen LogP contribution < -0.4 is 0 Å². The number of rotatable bonds is 22. The number of hydrogen-bond acceptors (Lipinski definition) is 27. The van der Waals surface area contributed by atoms with Gasteiger partial charge in [0.1, 0.15) is 0 Å². The van der Waals surface area contributed by atoms with E-state index in [2.05, 4.69) is 11.1 Å². The summed E-state index contributed by atoms with van der Waals surface area (Å²) in [7, 11) is 0. The van der Waals surface area contributed by atoms with Crippen LogP contribution in [0, 0.1) is 0 Å². The van der Waals surface area contributed by atoms with E-state index in [1.165, 1.54) is 84.9 Å². The standard InChI is InChI=1S/2C20H18O4.C19H17NO4.2C18H16O4S.C18H20O4/c21-17-7-5-15(11-19(17)23)9-13-1-2-14(4-3-13)10-16-6-8-18(22)20(24)12-16;21-17-6-4-15(11-19(17)23)9-13-2-1-3-14(8-13)10-16-5-7-18(22)20(24)12-16;21-16-6-4-12(10-18(16)23)8-14-2-1-3-15(20-14)9-13-5-7-17(22)19(24)11-13;19-15-5-1-11(9-17(15)21)7-13-3-4-14(23-13)8-12-2-6-16(20)18(22)10-12;19-14-3-1-11(8-16(14)21)7-13-5-6-23-18(13)10-12-2-4-15(20)17(22)9-12;19-15-7-5-11(9-17(15)21)13-3-1-2-4-14(13)12-6-8-16(20)18(22)10-12/h2*1-8,11-12,21-24H,9-10H2;1-7,10-11,21-24H,8-9H2;1-6,9-10,19-22H,7-8H2;1-6,8-9,19-22H,7,10H2;5-10,13-14,19-22H,1-4H2. The van der Waals surface area contributed by atoms with Crippen LogP contribution in [0.1, 0.15) is 158 Å². The van der Waals surface area contributed by atoms with Gasteiger partial charge >= 0.3 is 0 Å². The van der Waals surface area contributed by atoms with Crippen molar-refractivity contribution in [2.24, 2.45) is 0 Å². The molecule has 0 bridgehead atoms. The molecule has 1 saturated carbocycles. The zero-order valence-corrected chi connectivity index (χ0v) is 77.1. The second kappa shape index (κ2) is 46.9. The van der Waals surface area contributed by atoms with Crippen LogP contribution in [0.3, 0.4) is 0 Å². The van der Waals surface area contributed by atoms with Crippen molar-refractivity contribution >= 4 is 22.7 Å². The third kappa shape index (κ3) is 28.5. The van der Waals surface area contributed by atoms with Crippen LogP contribution in [0.4, 0.5) is 0 Å². The Bertz CT molecular complexity index is 6590. The number of thiophene rings is 2. The van der Waals surface area contributed by atoms with Crippen LogP contribution in [0.15, 0.2) is 309 Å². The molecular formula is C113H105NO24S2. The third-order valence-corrected chi connectivity index (χ3v) is 25.4. The normalized spacial score (nSPS) is 12.4. The van der Waals surface area contributed by atoms with Gasteiger partial charge in [0.25, 0.3) is 0 Å². The number of aromatic hydroxyl groups is 24. The van der Waals surface area contributed by atoms with Crippen molar-refractivity contribution in [3.63, 3.8) is 0 Å². The molecule has 140 heavy (non-hydrogen) atoms. The molecule has 3 aromatic heterocycles. The number of aromatic nitrogens is 1. The Labute approximate surface area is 814 Å². The van der Waals surface area contributed by atoms with Gasteiger partial charge in [-0.05, 0) is 333 Å². The molecule has 24 N–H and O–H groups in total. The largest absolute Gasteiger partial charge is 0.504 e. The summed E-state index contributed by atoms with van der Waals surface area (Å²) in [6.45, 7) is 0. The van der Waals surface area contributed by atoms with Gasteiger partial charge in [-0.3, -0.25) is 4.98 Å². The van der Waals surface area contributed by atoms with E-state index in [0.29, 0.717) is 64.2 Å². The van der Waals surface area contributed by atoms with Crippen molar-refractivity contribution < 1.29 is 123 Å². The number of benzene rings is 14. The Morgan fingerprint density at radius 1 is 0.193 bits per heavy atom. The van der Waals surface area contributed by atoms with E-state index >= 15 is 0 Å². The van der Waals surface area contributed by atoms with Gasteiger partial charge in [0.05, 0.1) is 0 Å². The molecule has 0 saturated heterocycles. The lowest BCUT2D eigenvalue weighted by Gasteiger charge is -2.32. The minimum Gasteiger partial charge on any atom is -0.504 e. The maximum absolute atomic E-state index is 9.75. The molecule has 0 aliphatic heterocycles. The summed E-state index contributed by atoms with van der Waals surface area (Å²) in [4.78, 5) is 8.03. The zero-order chi connectivity index (χ0) is 99.8. The van der Waals surface area contributed by atoms with Crippen LogP contribution in [-0.2, 0) is 64.2 Å². The van der Waals surface area contributed by atoms with Gasteiger partial charge in [-0.15, -0.1) is 22.7 Å². The molecule has 1 fully saturated rings. The Balaban J connectivity index is 0.000000141. The molecule has 0 amide bonds. The fourth-order valence-corrected chi connectivity index (χ4v) is 18.1. The second-order valence-electron chi connectivity index (χ2n) is 34.0.